The molecule has 116 valence electrons. The average molecular weight is 293 g/mol. The lowest BCUT2D eigenvalue weighted by Gasteiger charge is -2.31. The summed E-state index contributed by atoms with van der Waals surface area (Å²) in [7, 11) is 2.09. The van der Waals surface area contributed by atoms with E-state index in [9.17, 15) is 10.1 Å². The van der Waals surface area contributed by atoms with E-state index in [1.165, 1.54) is 6.07 Å². The van der Waals surface area contributed by atoms with Crippen LogP contribution in [0.2, 0.25) is 0 Å². The zero-order valence-electron chi connectivity index (χ0n) is 12.8. The van der Waals surface area contributed by atoms with Crippen molar-refractivity contribution < 1.29 is 9.66 Å². The van der Waals surface area contributed by atoms with Crippen molar-refractivity contribution in [2.45, 2.75) is 38.8 Å². The third kappa shape index (κ3) is 4.60. The molecule has 0 saturated carbocycles. The van der Waals surface area contributed by atoms with Crippen LogP contribution in [-0.4, -0.2) is 42.1 Å². The molecule has 0 aromatic heterocycles. The quantitative estimate of drug-likeness (QED) is 0.668. The molecular formula is C15H23N3O3. The molecule has 1 aromatic rings. The lowest BCUT2D eigenvalue weighted by atomic mass is 10.1. The molecule has 2 rings (SSSR count). The van der Waals surface area contributed by atoms with Gasteiger partial charge in [0.1, 0.15) is 5.75 Å². The molecule has 1 heterocycles. The molecule has 0 radical (unpaired) electrons. The Kier molecular flexibility index (Phi) is 5.01. The minimum Gasteiger partial charge on any atom is -0.491 e. The maximum atomic E-state index is 11.0. The van der Waals surface area contributed by atoms with Crippen LogP contribution in [0.3, 0.4) is 0 Å². The summed E-state index contributed by atoms with van der Waals surface area (Å²) in [6, 6.07) is 5.19. The van der Waals surface area contributed by atoms with Gasteiger partial charge in [-0.1, -0.05) is 0 Å². The van der Waals surface area contributed by atoms with Crippen LogP contribution in [0.15, 0.2) is 18.2 Å². The van der Waals surface area contributed by atoms with Gasteiger partial charge in [-0.2, -0.15) is 0 Å². The molecule has 1 unspecified atom stereocenters. The number of ether oxygens (including phenoxy) is 1. The van der Waals surface area contributed by atoms with Crippen LogP contribution >= 0.6 is 0 Å². The zero-order chi connectivity index (χ0) is 15.4. The molecule has 0 aliphatic carbocycles. The molecule has 1 saturated heterocycles. The normalized spacial score (nSPS) is 19.5. The van der Waals surface area contributed by atoms with Crippen molar-refractivity contribution in [1.29, 1.82) is 0 Å². The largest absolute Gasteiger partial charge is 0.491 e. The molecule has 1 aliphatic rings. The van der Waals surface area contributed by atoms with E-state index < -0.39 is 0 Å². The molecule has 0 spiro atoms. The van der Waals surface area contributed by atoms with Crippen LogP contribution in [0.25, 0.3) is 0 Å². The second-order valence-electron chi connectivity index (χ2n) is 5.89. The Hall–Kier alpha value is -1.82. The highest BCUT2D eigenvalue weighted by atomic mass is 16.6. The lowest BCUT2D eigenvalue weighted by Crippen LogP contribution is -2.39. The van der Waals surface area contributed by atoms with Crippen molar-refractivity contribution in [2.24, 2.45) is 0 Å². The smallest absolute Gasteiger partial charge is 0.275 e. The highest BCUT2D eigenvalue weighted by molar-refractivity contribution is 5.57. The van der Waals surface area contributed by atoms with Gasteiger partial charge in [0, 0.05) is 30.4 Å². The van der Waals surface area contributed by atoms with E-state index in [1.807, 2.05) is 19.9 Å². The maximum absolute atomic E-state index is 11.0. The van der Waals surface area contributed by atoms with Crippen LogP contribution in [0.4, 0.5) is 11.4 Å². The monoisotopic (exact) mass is 293 g/mol. The van der Waals surface area contributed by atoms with E-state index in [4.69, 9.17) is 4.74 Å². The van der Waals surface area contributed by atoms with Crippen molar-refractivity contribution in [3.05, 3.63) is 28.3 Å². The number of likely N-dealkylation sites (N-methyl/N-ethyl adjacent to an activating group) is 1. The highest BCUT2D eigenvalue weighted by Crippen LogP contribution is 2.28. The lowest BCUT2D eigenvalue weighted by molar-refractivity contribution is -0.384. The summed E-state index contributed by atoms with van der Waals surface area (Å²) in [5, 5.41) is 14.4. The number of nitro groups is 1. The SMILES string of the molecule is CC(C)Oc1cc(NC2CCCN(C)C2)cc([N+](=O)[O-])c1. The third-order valence-corrected chi connectivity index (χ3v) is 3.47. The Morgan fingerprint density at radius 1 is 1.43 bits per heavy atom. The minimum atomic E-state index is -0.384. The molecule has 6 nitrogen and oxygen atoms in total. The van der Waals surface area contributed by atoms with E-state index in [0.717, 1.165) is 31.6 Å². The van der Waals surface area contributed by atoms with Crippen molar-refractivity contribution in [2.75, 3.05) is 25.5 Å². The molecule has 1 aromatic carbocycles. The van der Waals surface area contributed by atoms with Crippen LogP contribution in [0.5, 0.6) is 5.75 Å². The third-order valence-electron chi connectivity index (χ3n) is 3.47. The average Bonchev–Trinajstić information content (AvgIpc) is 2.37. The summed E-state index contributed by atoms with van der Waals surface area (Å²) < 4.78 is 5.60. The zero-order valence-corrected chi connectivity index (χ0v) is 12.8. The van der Waals surface area contributed by atoms with Crippen LogP contribution in [0.1, 0.15) is 26.7 Å². The van der Waals surface area contributed by atoms with E-state index in [2.05, 4.69) is 17.3 Å². The van der Waals surface area contributed by atoms with Gasteiger partial charge >= 0.3 is 0 Å². The molecule has 0 bridgehead atoms. The van der Waals surface area contributed by atoms with Gasteiger partial charge in [-0.05, 0) is 40.3 Å². The van der Waals surface area contributed by atoms with E-state index in [-0.39, 0.29) is 16.7 Å². The number of benzene rings is 1. The summed E-state index contributed by atoms with van der Waals surface area (Å²) in [6.45, 7) is 5.86. The van der Waals surface area contributed by atoms with E-state index >= 15 is 0 Å². The van der Waals surface area contributed by atoms with Gasteiger partial charge in [0.05, 0.1) is 17.1 Å². The Morgan fingerprint density at radius 3 is 2.81 bits per heavy atom. The first-order valence-electron chi connectivity index (χ1n) is 7.35. The molecule has 1 N–H and O–H groups in total. The fourth-order valence-corrected chi connectivity index (χ4v) is 2.63. The summed E-state index contributed by atoms with van der Waals surface area (Å²) in [4.78, 5) is 12.9. The molecule has 6 heteroatoms. The summed E-state index contributed by atoms with van der Waals surface area (Å²) in [5.74, 6) is 0.533. The van der Waals surface area contributed by atoms with Crippen LogP contribution < -0.4 is 10.1 Å². The van der Waals surface area contributed by atoms with Crippen LogP contribution in [0, 0.1) is 10.1 Å². The fraction of sp³-hybridized carbons (Fsp3) is 0.600. The molecule has 21 heavy (non-hydrogen) atoms. The van der Waals surface area contributed by atoms with Crippen molar-refractivity contribution in [3.63, 3.8) is 0 Å². The number of nitrogens with zero attached hydrogens (tertiary/aromatic N) is 2. The second kappa shape index (κ2) is 6.76. The standard InChI is InChI=1S/C15H23N3O3/c1-11(2)21-15-8-13(7-14(9-15)18(19)20)16-12-5-4-6-17(3)10-12/h7-9,11-12,16H,4-6,10H2,1-3H3. The number of piperidine rings is 1. The number of hydrogen-bond donors (Lipinski definition) is 1. The number of hydrogen-bond acceptors (Lipinski definition) is 5. The Balaban J connectivity index is 2.16. The van der Waals surface area contributed by atoms with E-state index in [1.54, 1.807) is 6.07 Å². The van der Waals surface area contributed by atoms with Gasteiger partial charge in [-0.15, -0.1) is 0 Å². The Labute approximate surface area is 125 Å². The predicted molar refractivity (Wildman–Crippen MR) is 83.0 cm³/mol. The van der Waals surface area contributed by atoms with Crippen molar-refractivity contribution in [1.82, 2.24) is 4.90 Å². The highest BCUT2D eigenvalue weighted by Gasteiger charge is 2.18. The number of non-ortho nitro benzene ring substituents is 1. The molecule has 1 aliphatic heterocycles. The minimum absolute atomic E-state index is 0.0133. The summed E-state index contributed by atoms with van der Waals surface area (Å²) >= 11 is 0. The molecule has 0 amide bonds. The van der Waals surface area contributed by atoms with Gasteiger partial charge in [0.25, 0.3) is 5.69 Å². The first-order valence-corrected chi connectivity index (χ1v) is 7.35. The summed E-state index contributed by atoms with van der Waals surface area (Å²) in [6.07, 6.45) is 2.20. The first-order chi connectivity index (χ1) is 9.94. The van der Waals surface area contributed by atoms with Crippen LogP contribution in [-0.2, 0) is 0 Å². The van der Waals surface area contributed by atoms with Gasteiger partial charge < -0.3 is 15.0 Å². The van der Waals surface area contributed by atoms with E-state index in [0.29, 0.717) is 11.8 Å². The molecular weight excluding hydrogens is 270 g/mol. The number of rotatable bonds is 5. The number of anilines is 1. The molecule has 1 fully saturated rings. The van der Waals surface area contributed by atoms with Gasteiger partial charge in [-0.25, -0.2) is 0 Å². The van der Waals surface area contributed by atoms with Gasteiger partial charge in [-0.3, -0.25) is 10.1 Å². The Morgan fingerprint density at radius 2 is 2.19 bits per heavy atom. The van der Waals surface area contributed by atoms with Gasteiger partial charge in [0.2, 0.25) is 0 Å². The maximum Gasteiger partial charge on any atom is 0.275 e. The number of nitro benzene ring substituents is 1. The van der Waals surface area contributed by atoms with Crippen molar-refractivity contribution in [3.8, 4) is 5.75 Å². The van der Waals surface area contributed by atoms with Gasteiger partial charge in [0.15, 0.2) is 0 Å². The second-order valence-corrected chi connectivity index (χ2v) is 5.89. The number of likely N-dealkylation sites (tertiary alicyclic amines) is 1. The molecule has 1 atom stereocenters. The van der Waals surface area contributed by atoms with Crippen molar-refractivity contribution >= 4 is 11.4 Å². The number of nitrogens with one attached hydrogen (secondary N) is 1. The Bertz CT molecular complexity index is 505. The first kappa shape index (κ1) is 15.6. The predicted octanol–water partition coefficient (Wildman–Crippen LogP) is 2.89. The fourth-order valence-electron chi connectivity index (χ4n) is 2.63. The topological polar surface area (TPSA) is 67.6 Å². The summed E-state index contributed by atoms with van der Waals surface area (Å²) in [5.41, 5.74) is 0.806.